The van der Waals surface area contributed by atoms with Crippen LogP contribution in [0.3, 0.4) is 0 Å². The molecule has 0 N–H and O–H groups in total. The first-order chi connectivity index (χ1) is 19.9. The van der Waals surface area contributed by atoms with Crippen LogP contribution in [0.15, 0.2) is 144 Å². The van der Waals surface area contributed by atoms with E-state index in [9.17, 15) is 13.2 Å². The Morgan fingerprint density at radius 2 is 1.07 bits per heavy atom. The van der Waals surface area contributed by atoms with E-state index in [0.29, 0.717) is 11.1 Å². The summed E-state index contributed by atoms with van der Waals surface area (Å²) in [6, 6.07) is 44.2. The minimum Gasteiger partial charge on any atom is -0.268 e. The van der Waals surface area contributed by atoms with Gasteiger partial charge in [-0.25, -0.2) is 12.7 Å². The fourth-order valence-electron chi connectivity index (χ4n) is 5.46. The standard InChI is InChI=1S/C36H29NO3S/c1-26-17-23-32(24-18-26)41(39,40)37-25-33(29-21-19-28(20-22-29)27-11-5-2-6-12-27)34(30-13-7-3-8-14-30)35(36(37)38)31-15-9-4-10-16-31/h2-24,33H,25H2,1H3. The third kappa shape index (κ3) is 5.12. The topological polar surface area (TPSA) is 54.5 Å². The van der Waals surface area contributed by atoms with Gasteiger partial charge >= 0.3 is 0 Å². The van der Waals surface area contributed by atoms with Crippen LogP contribution in [-0.2, 0) is 14.8 Å². The van der Waals surface area contributed by atoms with E-state index in [1.165, 1.54) is 0 Å². The van der Waals surface area contributed by atoms with Gasteiger partial charge in [0.15, 0.2) is 0 Å². The molecule has 0 saturated heterocycles. The van der Waals surface area contributed by atoms with Crippen molar-refractivity contribution in [3.8, 4) is 11.1 Å². The minimum atomic E-state index is -4.12. The largest absolute Gasteiger partial charge is 0.268 e. The number of rotatable bonds is 6. The van der Waals surface area contributed by atoms with E-state index in [1.807, 2.05) is 97.9 Å². The molecule has 4 nitrogen and oxygen atoms in total. The molecule has 1 aliphatic rings. The van der Waals surface area contributed by atoms with Gasteiger partial charge in [0.2, 0.25) is 0 Å². The molecule has 0 bridgehead atoms. The highest BCUT2D eigenvalue weighted by molar-refractivity contribution is 7.89. The van der Waals surface area contributed by atoms with E-state index in [1.54, 1.807) is 24.3 Å². The third-order valence-electron chi connectivity index (χ3n) is 7.58. The second-order valence-corrected chi connectivity index (χ2v) is 12.1. The predicted molar refractivity (Wildman–Crippen MR) is 164 cm³/mol. The zero-order chi connectivity index (χ0) is 28.4. The van der Waals surface area contributed by atoms with Crippen molar-refractivity contribution in [1.29, 1.82) is 0 Å². The molecule has 0 aliphatic carbocycles. The lowest BCUT2D eigenvalue weighted by atomic mass is 9.79. The number of benzene rings is 5. The Morgan fingerprint density at radius 1 is 0.585 bits per heavy atom. The van der Waals surface area contributed by atoms with E-state index >= 15 is 0 Å². The summed E-state index contributed by atoms with van der Waals surface area (Å²) in [5.41, 5.74) is 6.86. The van der Waals surface area contributed by atoms with Crippen molar-refractivity contribution in [3.05, 3.63) is 162 Å². The van der Waals surface area contributed by atoms with E-state index < -0.39 is 15.9 Å². The quantitative estimate of drug-likeness (QED) is 0.217. The number of carbonyl (C=O) groups excluding carboxylic acids is 1. The van der Waals surface area contributed by atoms with Crippen molar-refractivity contribution in [2.24, 2.45) is 0 Å². The monoisotopic (exact) mass is 555 g/mol. The lowest BCUT2D eigenvalue weighted by Crippen LogP contribution is -2.44. The van der Waals surface area contributed by atoms with Gasteiger partial charge < -0.3 is 0 Å². The van der Waals surface area contributed by atoms with E-state index in [0.717, 1.165) is 37.7 Å². The molecule has 6 rings (SSSR count). The van der Waals surface area contributed by atoms with Gasteiger partial charge in [0.1, 0.15) is 0 Å². The third-order valence-corrected chi connectivity index (χ3v) is 9.35. The second-order valence-electron chi connectivity index (χ2n) is 10.2. The van der Waals surface area contributed by atoms with Gasteiger partial charge in [-0.2, -0.15) is 0 Å². The number of sulfonamides is 1. The predicted octanol–water partition coefficient (Wildman–Crippen LogP) is 7.59. The number of hydrogen-bond donors (Lipinski definition) is 0. The summed E-state index contributed by atoms with van der Waals surface area (Å²) < 4.78 is 29.1. The molecular formula is C36H29NO3S. The Labute approximate surface area is 241 Å². The van der Waals surface area contributed by atoms with Crippen molar-refractivity contribution in [1.82, 2.24) is 4.31 Å². The Bertz CT molecular complexity index is 1810. The molecule has 0 saturated carbocycles. The fraction of sp³-hybridized carbons (Fsp3) is 0.0833. The summed E-state index contributed by atoms with van der Waals surface area (Å²) in [6.45, 7) is 1.90. The molecule has 0 aromatic heterocycles. The molecule has 1 aliphatic heterocycles. The minimum absolute atomic E-state index is 0.000286. The molecule has 5 aromatic carbocycles. The molecule has 5 aromatic rings. The molecule has 0 radical (unpaired) electrons. The van der Waals surface area contributed by atoms with Crippen molar-refractivity contribution < 1.29 is 13.2 Å². The van der Waals surface area contributed by atoms with E-state index in [2.05, 4.69) is 24.3 Å². The van der Waals surface area contributed by atoms with Crippen LogP contribution in [0.2, 0.25) is 0 Å². The van der Waals surface area contributed by atoms with Crippen LogP contribution in [0.25, 0.3) is 22.3 Å². The van der Waals surface area contributed by atoms with Gasteiger partial charge in [-0.15, -0.1) is 0 Å². The highest BCUT2D eigenvalue weighted by Gasteiger charge is 2.41. The zero-order valence-corrected chi connectivity index (χ0v) is 23.5. The van der Waals surface area contributed by atoms with Gasteiger partial charge in [-0.05, 0) is 52.4 Å². The van der Waals surface area contributed by atoms with Gasteiger partial charge in [0.25, 0.3) is 15.9 Å². The Hall–Kier alpha value is -4.74. The highest BCUT2D eigenvalue weighted by atomic mass is 32.2. The van der Waals surface area contributed by atoms with E-state index in [-0.39, 0.29) is 17.4 Å². The lowest BCUT2D eigenvalue weighted by Gasteiger charge is -2.36. The summed E-state index contributed by atoms with van der Waals surface area (Å²) in [5.74, 6) is -0.900. The molecule has 1 heterocycles. The second kappa shape index (κ2) is 11.0. The average molecular weight is 556 g/mol. The zero-order valence-electron chi connectivity index (χ0n) is 22.6. The smallest absolute Gasteiger partial charge is 0.268 e. The van der Waals surface area contributed by atoms with Gasteiger partial charge in [-0.3, -0.25) is 4.79 Å². The number of aryl methyl sites for hydroxylation is 1. The number of nitrogens with zero attached hydrogens (tertiary/aromatic N) is 1. The number of amides is 1. The summed E-state index contributed by atoms with van der Waals surface area (Å²) in [4.78, 5) is 14.4. The van der Waals surface area contributed by atoms with Crippen LogP contribution in [-0.4, -0.2) is 25.2 Å². The van der Waals surface area contributed by atoms with Gasteiger partial charge in [0, 0.05) is 12.5 Å². The maximum atomic E-state index is 14.3. The number of hydrogen-bond acceptors (Lipinski definition) is 3. The maximum absolute atomic E-state index is 14.3. The molecule has 1 atom stereocenters. The summed E-state index contributed by atoms with van der Waals surface area (Å²) >= 11 is 0. The average Bonchev–Trinajstić information content (AvgIpc) is 3.02. The highest BCUT2D eigenvalue weighted by Crippen LogP contribution is 2.44. The summed E-state index contributed by atoms with van der Waals surface area (Å²) in [6.07, 6.45) is 0. The Morgan fingerprint density at radius 3 is 1.63 bits per heavy atom. The molecular weight excluding hydrogens is 526 g/mol. The molecule has 41 heavy (non-hydrogen) atoms. The van der Waals surface area contributed by atoms with Crippen molar-refractivity contribution >= 4 is 27.1 Å². The van der Waals surface area contributed by atoms with Gasteiger partial charge in [0.05, 0.1) is 10.5 Å². The molecule has 5 heteroatoms. The van der Waals surface area contributed by atoms with Crippen molar-refractivity contribution in [2.75, 3.05) is 6.54 Å². The lowest BCUT2D eigenvalue weighted by molar-refractivity contribution is -0.121. The van der Waals surface area contributed by atoms with Crippen LogP contribution in [0, 0.1) is 6.92 Å². The SMILES string of the molecule is Cc1ccc(S(=O)(=O)N2CC(c3ccc(-c4ccccc4)cc3)C(c3ccccc3)=C(c3ccccc3)C2=O)cc1. The normalized spacial score (nSPS) is 15.7. The van der Waals surface area contributed by atoms with Crippen LogP contribution in [0.4, 0.5) is 0 Å². The molecule has 0 fully saturated rings. The van der Waals surface area contributed by atoms with Crippen LogP contribution in [0.5, 0.6) is 0 Å². The van der Waals surface area contributed by atoms with Crippen molar-refractivity contribution in [3.63, 3.8) is 0 Å². The molecule has 202 valence electrons. The fourth-order valence-corrected chi connectivity index (χ4v) is 6.85. The first kappa shape index (κ1) is 26.5. The first-order valence-electron chi connectivity index (χ1n) is 13.6. The number of carbonyl (C=O) groups is 1. The summed E-state index contributed by atoms with van der Waals surface area (Å²) in [7, 11) is -4.12. The van der Waals surface area contributed by atoms with Gasteiger partial charge in [-0.1, -0.05) is 133 Å². The Balaban J connectivity index is 1.56. The molecule has 1 unspecified atom stereocenters. The van der Waals surface area contributed by atoms with E-state index in [4.69, 9.17) is 0 Å². The Kier molecular flexibility index (Phi) is 7.12. The van der Waals surface area contributed by atoms with Crippen LogP contribution >= 0.6 is 0 Å². The van der Waals surface area contributed by atoms with Crippen molar-refractivity contribution in [2.45, 2.75) is 17.7 Å². The summed E-state index contributed by atoms with van der Waals surface area (Å²) in [5, 5.41) is 0. The molecule has 1 amide bonds. The maximum Gasteiger partial charge on any atom is 0.268 e. The first-order valence-corrected chi connectivity index (χ1v) is 15.0. The molecule has 0 spiro atoms. The van der Waals surface area contributed by atoms with Crippen LogP contribution < -0.4 is 0 Å². The van der Waals surface area contributed by atoms with Crippen LogP contribution in [0.1, 0.15) is 28.2 Å².